The first-order chi connectivity index (χ1) is 32.9. The Bertz CT molecular complexity index is 1220. The van der Waals surface area contributed by atoms with Crippen LogP contribution in [0.3, 0.4) is 0 Å². The average Bonchev–Trinajstić information content (AvgIpc) is 3.88. The second-order valence-electron chi connectivity index (χ2n) is 15.3. The number of unbranched alkanes of at least 4 members (excludes halogenated alkanes) is 2. The minimum Gasteiger partial charge on any atom is -0.480 e. The second-order valence-corrected chi connectivity index (χ2v) is 16.6. The topological polar surface area (TPSA) is 259 Å². The minimum absolute atomic E-state index is 0.0363. The van der Waals surface area contributed by atoms with Crippen LogP contribution in [0.25, 0.3) is 0 Å². The number of rotatable bonds is 51. The van der Waals surface area contributed by atoms with Crippen molar-refractivity contribution < 1.29 is 81.1 Å². The molecule has 2 aliphatic heterocycles. The van der Waals surface area contributed by atoms with Crippen molar-refractivity contribution in [3.8, 4) is 0 Å². The molecule has 6 N–H and O–H groups in total. The van der Waals surface area contributed by atoms with E-state index in [1.165, 1.54) is 0 Å². The average molecular weight is 986 g/mol. The van der Waals surface area contributed by atoms with Gasteiger partial charge in [-0.05, 0) is 39.2 Å². The van der Waals surface area contributed by atoms with Gasteiger partial charge in [0.05, 0.1) is 171 Å². The van der Waals surface area contributed by atoms with Gasteiger partial charge in [-0.15, -0.1) is 0 Å². The van der Waals surface area contributed by atoms with Gasteiger partial charge in [-0.1, -0.05) is 6.42 Å². The third kappa shape index (κ3) is 36.2. The number of thioether (sulfide) groups is 1. The minimum atomic E-state index is -0.866. The van der Waals surface area contributed by atoms with Gasteiger partial charge in [0, 0.05) is 36.9 Å². The Morgan fingerprint density at radius 3 is 1.37 bits per heavy atom. The van der Waals surface area contributed by atoms with Crippen molar-refractivity contribution in [2.75, 3.05) is 184 Å². The van der Waals surface area contributed by atoms with E-state index < -0.39 is 12.0 Å². The molecule has 0 aromatic rings. The number of urea groups is 1. The molecule has 392 valence electrons. The number of nitrogens with one attached hydrogen (secondary N) is 5. The fourth-order valence-corrected chi connectivity index (χ4v) is 8.04. The van der Waals surface area contributed by atoms with E-state index in [4.69, 9.17) is 61.9 Å². The number of carboxylic acid groups (broad SMARTS) is 1. The van der Waals surface area contributed by atoms with Crippen LogP contribution >= 0.6 is 11.8 Å². The van der Waals surface area contributed by atoms with Gasteiger partial charge in [0.1, 0.15) is 6.04 Å². The van der Waals surface area contributed by atoms with E-state index in [1.54, 1.807) is 7.05 Å². The van der Waals surface area contributed by atoms with Crippen molar-refractivity contribution in [2.45, 2.75) is 74.7 Å². The number of likely N-dealkylation sites (N-methyl/N-ethyl adjacent to an activating group) is 1. The maximum Gasteiger partial charge on any atom is 0.320 e. The largest absolute Gasteiger partial charge is 0.480 e. The highest BCUT2D eigenvalue weighted by Gasteiger charge is 2.42. The standard InChI is InChI=1S/C44H83N5O17S/c1-45-37(43(52)53)6-4-5-10-46-41(51)9-12-55-14-16-57-18-20-59-22-24-61-26-28-63-30-32-65-34-35-66-33-31-64-29-27-62-25-23-60-21-19-58-17-15-56-13-11-47-40(50)8-3-2-7-39-42-38(36-67-39)48-44(54)49-42/h37-39,42,45H,2-36H2,1H3,(H,46,51)(H,47,50)(H,52,53)(H2,48,49,54)/t37-,38-,39-,42-/m0/s1. The summed E-state index contributed by atoms with van der Waals surface area (Å²) in [7, 11) is 1.62. The van der Waals surface area contributed by atoms with Crippen LogP contribution in [0.1, 0.15) is 51.4 Å². The molecule has 0 aromatic heterocycles. The zero-order valence-electron chi connectivity index (χ0n) is 39.9. The summed E-state index contributed by atoms with van der Waals surface area (Å²) >= 11 is 1.90. The first-order valence-corrected chi connectivity index (χ1v) is 25.0. The number of ether oxygens (including phenoxy) is 12. The predicted octanol–water partition coefficient (Wildman–Crippen LogP) is 0.377. The molecule has 0 saturated carbocycles. The number of hydrogen-bond acceptors (Lipinski definition) is 18. The van der Waals surface area contributed by atoms with Gasteiger partial charge >= 0.3 is 12.0 Å². The number of aliphatic carboxylic acids is 1. The summed E-state index contributed by atoms with van der Waals surface area (Å²) in [6, 6.07) is -0.169. The lowest BCUT2D eigenvalue weighted by Crippen LogP contribution is -2.36. The highest BCUT2D eigenvalue weighted by atomic mass is 32.2. The van der Waals surface area contributed by atoms with E-state index in [1.807, 2.05) is 11.8 Å². The summed E-state index contributed by atoms with van der Waals surface area (Å²) in [5, 5.41) is 23.8. The molecule has 0 radical (unpaired) electrons. The first-order valence-electron chi connectivity index (χ1n) is 24.0. The van der Waals surface area contributed by atoms with Gasteiger partial charge in [-0.3, -0.25) is 14.4 Å². The van der Waals surface area contributed by atoms with Crippen molar-refractivity contribution in [2.24, 2.45) is 0 Å². The molecular weight excluding hydrogens is 903 g/mol. The summed E-state index contributed by atoms with van der Waals surface area (Å²) in [6.45, 7) is 11.8. The number of carbonyl (C=O) groups excluding carboxylic acids is 3. The van der Waals surface area contributed by atoms with Crippen LogP contribution in [0.5, 0.6) is 0 Å². The number of amides is 4. The van der Waals surface area contributed by atoms with Crippen LogP contribution in [-0.4, -0.2) is 237 Å². The highest BCUT2D eigenvalue weighted by Crippen LogP contribution is 2.33. The summed E-state index contributed by atoms with van der Waals surface area (Å²) < 4.78 is 65.9. The molecule has 2 rings (SSSR count). The molecule has 67 heavy (non-hydrogen) atoms. The molecule has 0 aliphatic carbocycles. The molecule has 0 aromatic carbocycles. The van der Waals surface area contributed by atoms with Gasteiger partial charge in [0.25, 0.3) is 0 Å². The van der Waals surface area contributed by atoms with E-state index in [9.17, 15) is 19.2 Å². The molecule has 0 unspecified atom stereocenters. The number of hydrogen-bond donors (Lipinski definition) is 6. The fraction of sp³-hybridized carbons (Fsp3) is 0.909. The monoisotopic (exact) mass is 986 g/mol. The molecule has 2 aliphatic rings. The first kappa shape index (κ1) is 60.6. The predicted molar refractivity (Wildman–Crippen MR) is 249 cm³/mol. The Labute approximate surface area is 401 Å². The Balaban J connectivity index is 1.13. The normalized spacial score (nSPS) is 17.0. The van der Waals surface area contributed by atoms with E-state index in [0.717, 1.165) is 31.4 Å². The van der Waals surface area contributed by atoms with E-state index in [2.05, 4.69) is 26.6 Å². The van der Waals surface area contributed by atoms with Crippen LogP contribution in [0.15, 0.2) is 0 Å². The lowest BCUT2D eigenvalue weighted by Gasteiger charge is -2.16. The Morgan fingerprint density at radius 2 is 0.940 bits per heavy atom. The quantitative estimate of drug-likeness (QED) is 0.0356. The van der Waals surface area contributed by atoms with Crippen LogP contribution in [0.2, 0.25) is 0 Å². The highest BCUT2D eigenvalue weighted by molar-refractivity contribution is 8.00. The smallest absolute Gasteiger partial charge is 0.320 e. The van der Waals surface area contributed by atoms with Crippen molar-refractivity contribution in [1.82, 2.24) is 26.6 Å². The summed E-state index contributed by atoms with van der Waals surface area (Å²) in [5.74, 6) is 0.0308. The molecule has 2 fully saturated rings. The maximum atomic E-state index is 12.1. The number of fused-ring (bicyclic) bond motifs is 1. The second kappa shape index (κ2) is 44.7. The Hall–Kier alpha value is -2.49. The van der Waals surface area contributed by atoms with Gasteiger partial charge in [0.15, 0.2) is 0 Å². The maximum absolute atomic E-state index is 12.1. The zero-order chi connectivity index (χ0) is 48.1. The lowest BCUT2D eigenvalue weighted by atomic mass is 10.0. The molecule has 2 heterocycles. The van der Waals surface area contributed by atoms with E-state index >= 15 is 0 Å². The molecule has 23 heteroatoms. The van der Waals surface area contributed by atoms with Crippen molar-refractivity contribution in [3.05, 3.63) is 0 Å². The molecule has 22 nitrogen and oxygen atoms in total. The molecule has 0 bridgehead atoms. The van der Waals surface area contributed by atoms with E-state index in [-0.39, 0.29) is 36.3 Å². The molecule has 4 amide bonds. The van der Waals surface area contributed by atoms with Crippen molar-refractivity contribution in [1.29, 1.82) is 0 Å². The summed E-state index contributed by atoms with van der Waals surface area (Å²) in [4.78, 5) is 46.4. The van der Waals surface area contributed by atoms with Gasteiger partial charge < -0.3 is 88.5 Å². The Morgan fingerprint density at radius 1 is 0.537 bits per heavy atom. The number of carboxylic acids is 1. The summed E-state index contributed by atoms with van der Waals surface area (Å²) in [5.41, 5.74) is 0. The van der Waals surface area contributed by atoms with Crippen molar-refractivity contribution >= 4 is 35.6 Å². The van der Waals surface area contributed by atoms with Crippen LogP contribution in [0.4, 0.5) is 4.79 Å². The SMILES string of the molecule is CN[C@@H](CCCCNC(=O)CCOCCOCCOCCOCCOCCOCCOCCOCCOCCOCCOCCOCCNC(=O)CCCC[C@@H]1SC[C@@H]2NC(=O)N[C@@H]21)C(=O)O. The third-order valence-electron chi connectivity index (χ3n) is 10.1. The molecule has 0 spiro atoms. The lowest BCUT2D eigenvalue weighted by molar-refractivity contribution is -0.139. The number of carbonyl (C=O) groups is 4. The Kier molecular flexibility index (Phi) is 40.5. The summed E-state index contributed by atoms with van der Waals surface area (Å²) in [6.07, 6.45) is 5.53. The fourth-order valence-electron chi connectivity index (χ4n) is 6.49. The molecule has 4 atom stereocenters. The third-order valence-corrected chi connectivity index (χ3v) is 11.6. The van der Waals surface area contributed by atoms with Crippen LogP contribution in [0, 0.1) is 0 Å². The molecular formula is C44H83N5O17S. The van der Waals surface area contributed by atoms with Crippen LogP contribution in [-0.2, 0) is 71.2 Å². The van der Waals surface area contributed by atoms with Crippen molar-refractivity contribution in [3.63, 3.8) is 0 Å². The van der Waals surface area contributed by atoms with E-state index in [0.29, 0.717) is 196 Å². The van der Waals surface area contributed by atoms with Crippen LogP contribution < -0.4 is 26.6 Å². The van der Waals surface area contributed by atoms with Gasteiger partial charge in [-0.2, -0.15) is 11.8 Å². The van der Waals surface area contributed by atoms with Gasteiger partial charge in [-0.25, -0.2) is 4.79 Å². The zero-order valence-corrected chi connectivity index (χ0v) is 40.8. The van der Waals surface area contributed by atoms with Gasteiger partial charge in [0.2, 0.25) is 11.8 Å². The molecule has 2 saturated heterocycles.